The first-order valence-electron chi connectivity index (χ1n) is 6.62. The van der Waals surface area contributed by atoms with Gasteiger partial charge in [0.05, 0.1) is 5.56 Å². The highest BCUT2D eigenvalue weighted by atomic mass is 79.9. The second-order valence-corrected chi connectivity index (χ2v) is 4.68. The molecule has 106 valence electrons. The molecule has 21 heavy (non-hydrogen) atoms. The molecule has 0 saturated carbocycles. The molecule has 0 N–H and O–H groups in total. The molecule has 0 bridgehead atoms. The van der Waals surface area contributed by atoms with Crippen molar-refractivity contribution in [2.45, 2.75) is 6.54 Å². The van der Waals surface area contributed by atoms with Gasteiger partial charge in [0, 0.05) is 17.7 Å². The molecule has 3 rings (SSSR count). The van der Waals surface area contributed by atoms with E-state index in [1.165, 1.54) is 11.6 Å². The van der Waals surface area contributed by atoms with E-state index < -0.39 is 0 Å². The number of aromatic nitrogens is 1. The lowest BCUT2D eigenvalue weighted by Gasteiger charge is -2.05. The molecule has 0 radical (unpaired) electrons. The fourth-order valence-electron chi connectivity index (χ4n) is 2.31. The van der Waals surface area contributed by atoms with Crippen molar-refractivity contribution in [2.75, 3.05) is 0 Å². The maximum Gasteiger partial charge on any atom is 0.215 e. The van der Waals surface area contributed by atoms with Crippen LogP contribution in [0.3, 0.4) is 0 Å². The smallest absolute Gasteiger partial charge is 0.215 e. The summed E-state index contributed by atoms with van der Waals surface area (Å²) in [5.41, 5.74) is 2.71. The summed E-state index contributed by atoms with van der Waals surface area (Å²) in [6.07, 6.45) is 1.98. The average Bonchev–Trinajstić information content (AvgIpc) is 2.50. The average molecular weight is 344 g/mol. The van der Waals surface area contributed by atoms with Crippen LogP contribution in [0.4, 0.5) is 4.39 Å². The summed E-state index contributed by atoms with van der Waals surface area (Å²) in [5, 5.41) is 0. The molecule has 0 spiro atoms. The van der Waals surface area contributed by atoms with Gasteiger partial charge in [0.25, 0.3) is 0 Å². The number of hydrogen-bond acceptors (Lipinski definition) is 0. The number of halogens is 2. The molecule has 1 nitrogen and oxygen atoms in total. The van der Waals surface area contributed by atoms with E-state index in [4.69, 9.17) is 0 Å². The zero-order valence-corrected chi connectivity index (χ0v) is 13.0. The SMILES string of the molecule is Fc1ccccc1-c1cccc[n+]1Cc1ccccc1.[Br-]. The number of benzene rings is 2. The van der Waals surface area contributed by atoms with Crippen molar-refractivity contribution in [3.05, 3.63) is 90.4 Å². The minimum absolute atomic E-state index is 0. The fourth-order valence-corrected chi connectivity index (χ4v) is 2.31. The first-order valence-corrected chi connectivity index (χ1v) is 6.62. The van der Waals surface area contributed by atoms with Crippen LogP contribution in [0.25, 0.3) is 11.3 Å². The molecule has 3 heteroatoms. The van der Waals surface area contributed by atoms with E-state index in [1.807, 2.05) is 54.7 Å². The van der Waals surface area contributed by atoms with Crippen molar-refractivity contribution in [3.8, 4) is 11.3 Å². The summed E-state index contributed by atoms with van der Waals surface area (Å²) in [6, 6.07) is 22.9. The predicted octanol–water partition coefficient (Wildman–Crippen LogP) is 0.832. The van der Waals surface area contributed by atoms with Gasteiger partial charge in [-0.15, -0.1) is 0 Å². The number of hydrogen-bond donors (Lipinski definition) is 0. The molecule has 2 aromatic carbocycles. The highest BCUT2D eigenvalue weighted by molar-refractivity contribution is 5.56. The molecule has 0 aliphatic heterocycles. The van der Waals surface area contributed by atoms with Crippen LogP contribution >= 0.6 is 0 Å². The van der Waals surface area contributed by atoms with Crippen LogP contribution in [-0.2, 0) is 6.54 Å². The first-order chi connectivity index (χ1) is 9.84. The topological polar surface area (TPSA) is 3.88 Å². The summed E-state index contributed by atoms with van der Waals surface area (Å²) in [4.78, 5) is 0. The van der Waals surface area contributed by atoms with Crippen LogP contribution in [0.1, 0.15) is 5.56 Å². The zero-order valence-electron chi connectivity index (χ0n) is 11.4. The lowest BCUT2D eigenvalue weighted by Crippen LogP contribution is -3.00. The summed E-state index contributed by atoms with van der Waals surface area (Å²) in [6.45, 7) is 0.728. The predicted molar refractivity (Wildman–Crippen MR) is 77.6 cm³/mol. The van der Waals surface area contributed by atoms with Gasteiger partial charge >= 0.3 is 0 Å². The molecule has 0 aliphatic carbocycles. The minimum Gasteiger partial charge on any atom is -1.00 e. The van der Waals surface area contributed by atoms with Crippen molar-refractivity contribution in [3.63, 3.8) is 0 Å². The summed E-state index contributed by atoms with van der Waals surface area (Å²) < 4.78 is 16.0. The maximum absolute atomic E-state index is 14.0. The molecular weight excluding hydrogens is 329 g/mol. The molecule has 0 amide bonds. The molecule has 1 heterocycles. The van der Waals surface area contributed by atoms with E-state index in [1.54, 1.807) is 6.07 Å². The Kier molecular flexibility index (Phi) is 5.23. The van der Waals surface area contributed by atoms with Crippen LogP contribution in [0, 0.1) is 5.82 Å². The summed E-state index contributed by atoms with van der Waals surface area (Å²) in [5.74, 6) is -0.194. The van der Waals surface area contributed by atoms with Crippen molar-refractivity contribution in [1.82, 2.24) is 0 Å². The van der Waals surface area contributed by atoms with Crippen LogP contribution in [0.15, 0.2) is 79.0 Å². The standard InChI is InChI=1S/C18H15FN.BrH/c19-17-11-5-4-10-16(17)18-12-6-7-13-20(18)14-15-8-2-1-3-9-15;/h1-13H,14H2;1H/q+1;/p-1. The van der Waals surface area contributed by atoms with E-state index in [-0.39, 0.29) is 22.8 Å². The minimum atomic E-state index is -0.194. The highest BCUT2D eigenvalue weighted by Gasteiger charge is 2.15. The molecule has 0 fully saturated rings. The Hall–Kier alpha value is -2.00. The third-order valence-corrected chi connectivity index (χ3v) is 3.29. The third kappa shape index (κ3) is 3.56. The summed E-state index contributed by atoms with van der Waals surface area (Å²) >= 11 is 0. The Morgan fingerprint density at radius 1 is 0.762 bits per heavy atom. The lowest BCUT2D eigenvalue weighted by atomic mass is 10.1. The molecule has 0 unspecified atom stereocenters. The van der Waals surface area contributed by atoms with Gasteiger partial charge in [0.2, 0.25) is 5.69 Å². The van der Waals surface area contributed by atoms with Crippen LogP contribution < -0.4 is 21.5 Å². The van der Waals surface area contributed by atoms with Gasteiger partial charge in [-0.05, 0) is 18.2 Å². The molecular formula is C18H15BrFN. The Labute approximate surface area is 134 Å². The summed E-state index contributed by atoms with van der Waals surface area (Å²) in [7, 11) is 0. The van der Waals surface area contributed by atoms with Crippen molar-refractivity contribution in [1.29, 1.82) is 0 Å². The maximum atomic E-state index is 14.0. The monoisotopic (exact) mass is 343 g/mol. The molecule has 0 atom stereocenters. The van der Waals surface area contributed by atoms with Gasteiger partial charge in [-0.25, -0.2) is 4.39 Å². The van der Waals surface area contributed by atoms with Gasteiger partial charge in [-0.3, -0.25) is 0 Å². The third-order valence-electron chi connectivity index (χ3n) is 3.29. The van der Waals surface area contributed by atoms with Crippen molar-refractivity contribution in [2.24, 2.45) is 0 Å². The number of rotatable bonds is 3. The first kappa shape index (κ1) is 15.4. The van der Waals surface area contributed by atoms with Crippen LogP contribution in [0.2, 0.25) is 0 Å². The quantitative estimate of drug-likeness (QED) is 0.620. The van der Waals surface area contributed by atoms with E-state index >= 15 is 0 Å². The largest absolute Gasteiger partial charge is 1.00 e. The molecule has 1 aromatic heterocycles. The Morgan fingerprint density at radius 3 is 2.19 bits per heavy atom. The van der Waals surface area contributed by atoms with Gasteiger partial charge in [-0.1, -0.05) is 42.5 Å². The van der Waals surface area contributed by atoms with E-state index in [2.05, 4.69) is 16.7 Å². The van der Waals surface area contributed by atoms with Crippen molar-refractivity contribution >= 4 is 0 Å². The molecule has 0 aliphatic rings. The van der Waals surface area contributed by atoms with Gasteiger partial charge in [-0.2, -0.15) is 4.57 Å². The Bertz CT molecular complexity index is 713. The Morgan fingerprint density at radius 2 is 1.43 bits per heavy atom. The zero-order chi connectivity index (χ0) is 13.8. The highest BCUT2D eigenvalue weighted by Crippen LogP contribution is 2.19. The second kappa shape index (κ2) is 7.14. The lowest BCUT2D eigenvalue weighted by molar-refractivity contribution is -0.677. The van der Waals surface area contributed by atoms with Crippen molar-refractivity contribution < 1.29 is 25.9 Å². The van der Waals surface area contributed by atoms with Gasteiger partial charge in [0.1, 0.15) is 5.82 Å². The number of nitrogens with zero attached hydrogens (tertiary/aromatic N) is 1. The van der Waals surface area contributed by atoms with E-state index in [0.717, 1.165) is 12.2 Å². The molecule has 0 saturated heterocycles. The Balaban J connectivity index is 0.00000161. The normalized spacial score (nSPS) is 9.95. The molecule has 3 aromatic rings. The van der Waals surface area contributed by atoms with Crippen LogP contribution in [0.5, 0.6) is 0 Å². The van der Waals surface area contributed by atoms with Crippen LogP contribution in [-0.4, -0.2) is 0 Å². The second-order valence-electron chi connectivity index (χ2n) is 4.68. The number of pyridine rings is 1. The van der Waals surface area contributed by atoms with E-state index in [0.29, 0.717) is 5.56 Å². The fraction of sp³-hybridized carbons (Fsp3) is 0.0556. The van der Waals surface area contributed by atoms with Gasteiger partial charge in [0.15, 0.2) is 12.7 Å². The van der Waals surface area contributed by atoms with E-state index in [9.17, 15) is 4.39 Å². The van der Waals surface area contributed by atoms with Gasteiger partial charge < -0.3 is 17.0 Å².